The van der Waals surface area contributed by atoms with Crippen LogP contribution in [0.25, 0.3) is 0 Å². The second kappa shape index (κ2) is 6.86. The Morgan fingerprint density at radius 3 is 2.50 bits per heavy atom. The van der Waals surface area contributed by atoms with Crippen LogP contribution in [0.15, 0.2) is 0 Å². The van der Waals surface area contributed by atoms with Crippen LogP contribution in [0.2, 0.25) is 0 Å². The molecule has 0 spiro atoms. The second-order valence-corrected chi connectivity index (χ2v) is 4.50. The first-order chi connectivity index (χ1) is 7.67. The predicted molar refractivity (Wildman–Crippen MR) is 64.4 cm³/mol. The molecule has 1 aliphatic carbocycles. The van der Waals surface area contributed by atoms with Gasteiger partial charge in [0.05, 0.1) is 12.6 Å². The predicted octanol–water partition coefficient (Wildman–Crippen LogP) is 1.01. The van der Waals surface area contributed by atoms with E-state index in [2.05, 4.69) is 5.32 Å². The SMILES string of the molecule is CCN(C)C(=O)CNC1CCC(OC)CC1. The number of hydrogen-bond donors (Lipinski definition) is 1. The number of nitrogens with one attached hydrogen (secondary N) is 1. The molecule has 1 amide bonds. The van der Waals surface area contributed by atoms with Gasteiger partial charge < -0.3 is 15.0 Å². The lowest BCUT2D eigenvalue weighted by Crippen LogP contribution is -2.42. The molecule has 0 aromatic heterocycles. The number of carbonyl (C=O) groups is 1. The molecule has 1 N–H and O–H groups in total. The minimum atomic E-state index is 0.177. The molecule has 1 saturated carbocycles. The van der Waals surface area contributed by atoms with E-state index in [9.17, 15) is 4.79 Å². The quantitative estimate of drug-likeness (QED) is 0.763. The Hall–Kier alpha value is -0.610. The van der Waals surface area contributed by atoms with E-state index in [1.165, 1.54) is 0 Å². The summed E-state index contributed by atoms with van der Waals surface area (Å²) < 4.78 is 5.32. The summed E-state index contributed by atoms with van der Waals surface area (Å²) >= 11 is 0. The molecule has 0 aromatic rings. The molecule has 94 valence electrons. The van der Waals surface area contributed by atoms with E-state index in [0.29, 0.717) is 18.7 Å². The topological polar surface area (TPSA) is 41.6 Å². The monoisotopic (exact) mass is 228 g/mol. The summed E-state index contributed by atoms with van der Waals surface area (Å²) in [5.41, 5.74) is 0. The Bertz CT molecular complexity index is 213. The molecule has 0 aromatic carbocycles. The summed E-state index contributed by atoms with van der Waals surface area (Å²) in [5.74, 6) is 0.177. The zero-order valence-corrected chi connectivity index (χ0v) is 10.7. The summed E-state index contributed by atoms with van der Waals surface area (Å²) in [6.45, 7) is 3.23. The lowest BCUT2D eigenvalue weighted by Gasteiger charge is -2.28. The summed E-state index contributed by atoms with van der Waals surface area (Å²) in [6, 6.07) is 0.487. The van der Waals surface area contributed by atoms with Crippen LogP contribution in [0.1, 0.15) is 32.6 Å². The molecule has 1 rings (SSSR count). The fraction of sp³-hybridized carbons (Fsp3) is 0.917. The van der Waals surface area contributed by atoms with Crippen molar-refractivity contribution in [2.24, 2.45) is 0 Å². The van der Waals surface area contributed by atoms with Gasteiger partial charge in [0, 0.05) is 26.7 Å². The molecular weight excluding hydrogens is 204 g/mol. The highest BCUT2D eigenvalue weighted by Gasteiger charge is 2.21. The summed E-state index contributed by atoms with van der Waals surface area (Å²) in [6.07, 6.45) is 4.85. The number of amides is 1. The van der Waals surface area contributed by atoms with Gasteiger partial charge in [-0.3, -0.25) is 4.79 Å². The minimum absolute atomic E-state index is 0.177. The van der Waals surface area contributed by atoms with Crippen LogP contribution in [0.3, 0.4) is 0 Å². The number of carbonyl (C=O) groups excluding carboxylic acids is 1. The number of hydrogen-bond acceptors (Lipinski definition) is 3. The van der Waals surface area contributed by atoms with Gasteiger partial charge >= 0.3 is 0 Å². The molecule has 0 saturated heterocycles. The van der Waals surface area contributed by atoms with Crippen LogP contribution < -0.4 is 5.32 Å². The van der Waals surface area contributed by atoms with Crippen molar-refractivity contribution >= 4 is 5.91 Å². The lowest BCUT2D eigenvalue weighted by atomic mass is 9.93. The lowest BCUT2D eigenvalue weighted by molar-refractivity contribution is -0.128. The highest BCUT2D eigenvalue weighted by atomic mass is 16.5. The number of methoxy groups -OCH3 is 1. The molecule has 4 nitrogen and oxygen atoms in total. The maximum Gasteiger partial charge on any atom is 0.236 e. The molecular formula is C12H24N2O2. The standard InChI is InChI=1S/C12H24N2O2/c1-4-14(2)12(15)9-13-10-5-7-11(16-3)8-6-10/h10-11,13H,4-9H2,1-3H3. The first kappa shape index (κ1) is 13.5. The molecule has 0 heterocycles. The van der Waals surface area contributed by atoms with Crippen LogP contribution in [-0.4, -0.2) is 50.2 Å². The van der Waals surface area contributed by atoms with Crippen molar-refractivity contribution in [3.8, 4) is 0 Å². The fourth-order valence-corrected chi connectivity index (χ4v) is 2.05. The van der Waals surface area contributed by atoms with Gasteiger partial charge in [0.25, 0.3) is 0 Å². The van der Waals surface area contributed by atoms with Crippen molar-refractivity contribution in [3.05, 3.63) is 0 Å². The van der Waals surface area contributed by atoms with Crippen molar-refractivity contribution in [2.45, 2.75) is 44.8 Å². The van der Waals surface area contributed by atoms with Gasteiger partial charge in [-0.25, -0.2) is 0 Å². The summed E-state index contributed by atoms with van der Waals surface area (Å²) in [5, 5.41) is 3.33. The van der Waals surface area contributed by atoms with E-state index in [0.717, 1.165) is 32.2 Å². The summed E-state index contributed by atoms with van der Waals surface area (Å²) in [4.78, 5) is 13.3. The molecule has 0 atom stereocenters. The average molecular weight is 228 g/mol. The third-order valence-corrected chi connectivity index (χ3v) is 3.45. The maximum absolute atomic E-state index is 11.6. The number of rotatable bonds is 5. The van der Waals surface area contributed by atoms with Crippen LogP contribution in [0.5, 0.6) is 0 Å². The molecule has 0 aliphatic heterocycles. The van der Waals surface area contributed by atoms with E-state index in [1.54, 1.807) is 12.0 Å². The van der Waals surface area contributed by atoms with E-state index < -0.39 is 0 Å². The summed E-state index contributed by atoms with van der Waals surface area (Å²) in [7, 11) is 3.62. The Morgan fingerprint density at radius 2 is 2.00 bits per heavy atom. The Kier molecular flexibility index (Phi) is 5.77. The van der Waals surface area contributed by atoms with Crippen LogP contribution in [0.4, 0.5) is 0 Å². The van der Waals surface area contributed by atoms with Gasteiger partial charge in [-0.2, -0.15) is 0 Å². The van der Waals surface area contributed by atoms with E-state index >= 15 is 0 Å². The molecule has 0 radical (unpaired) electrons. The van der Waals surface area contributed by atoms with Gasteiger partial charge in [-0.05, 0) is 32.6 Å². The minimum Gasteiger partial charge on any atom is -0.381 e. The third kappa shape index (κ3) is 4.10. The van der Waals surface area contributed by atoms with Gasteiger partial charge in [0.1, 0.15) is 0 Å². The van der Waals surface area contributed by atoms with Crippen molar-refractivity contribution in [1.82, 2.24) is 10.2 Å². The van der Waals surface area contributed by atoms with Crippen molar-refractivity contribution in [1.29, 1.82) is 0 Å². The number of ether oxygens (including phenoxy) is 1. The highest BCUT2D eigenvalue weighted by Crippen LogP contribution is 2.20. The molecule has 1 aliphatic rings. The first-order valence-corrected chi connectivity index (χ1v) is 6.17. The molecule has 0 unspecified atom stereocenters. The average Bonchev–Trinajstić information content (AvgIpc) is 2.35. The molecule has 4 heteroatoms. The van der Waals surface area contributed by atoms with Crippen LogP contribution in [-0.2, 0) is 9.53 Å². The van der Waals surface area contributed by atoms with Gasteiger partial charge in [0.15, 0.2) is 0 Å². The second-order valence-electron chi connectivity index (χ2n) is 4.50. The van der Waals surface area contributed by atoms with Crippen molar-refractivity contribution < 1.29 is 9.53 Å². The van der Waals surface area contributed by atoms with Crippen molar-refractivity contribution in [3.63, 3.8) is 0 Å². The van der Waals surface area contributed by atoms with E-state index in [-0.39, 0.29) is 5.91 Å². The third-order valence-electron chi connectivity index (χ3n) is 3.45. The highest BCUT2D eigenvalue weighted by molar-refractivity contribution is 5.77. The maximum atomic E-state index is 11.6. The molecule has 16 heavy (non-hydrogen) atoms. The van der Waals surface area contributed by atoms with E-state index in [4.69, 9.17) is 4.74 Å². The van der Waals surface area contributed by atoms with Gasteiger partial charge in [-0.15, -0.1) is 0 Å². The van der Waals surface area contributed by atoms with Crippen LogP contribution >= 0.6 is 0 Å². The van der Waals surface area contributed by atoms with Gasteiger partial charge in [-0.1, -0.05) is 0 Å². The molecule has 1 fully saturated rings. The van der Waals surface area contributed by atoms with Gasteiger partial charge in [0.2, 0.25) is 5.91 Å². The first-order valence-electron chi connectivity index (χ1n) is 6.17. The zero-order chi connectivity index (χ0) is 12.0. The Morgan fingerprint density at radius 1 is 1.38 bits per heavy atom. The Balaban J connectivity index is 2.17. The number of likely N-dealkylation sites (N-methyl/N-ethyl adjacent to an activating group) is 1. The largest absolute Gasteiger partial charge is 0.381 e. The smallest absolute Gasteiger partial charge is 0.236 e. The fourth-order valence-electron chi connectivity index (χ4n) is 2.05. The zero-order valence-electron chi connectivity index (χ0n) is 10.7. The van der Waals surface area contributed by atoms with Crippen LogP contribution in [0, 0.1) is 0 Å². The number of nitrogens with zero attached hydrogens (tertiary/aromatic N) is 1. The Labute approximate surface area is 98.3 Å². The van der Waals surface area contributed by atoms with Crippen molar-refractivity contribution in [2.75, 3.05) is 27.2 Å². The van der Waals surface area contributed by atoms with E-state index in [1.807, 2.05) is 14.0 Å². The molecule has 0 bridgehead atoms. The normalized spacial score (nSPS) is 25.4.